The summed E-state index contributed by atoms with van der Waals surface area (Å²) in [5.74, 6) is -1.38. The summed E-state index contributed by atoms with van der Waals surface area (Å²) < 4.78 is 26.4. The van der Waals surface area contributed by atoms with Gasteiger partial charge in [0.15, 0.2) is 0 Å². The van der Waals surface area contributed by atoms with Crippen LogP contribution in [0.5, 0.6) is 0 Å². The van der Waals surface area contributed by atoms with Crippen LogP contribution in [-0.2, 0) is 0 Å². The van der Waals surface area contributed by atoms with E-state index in [2.05, 4.69) is 5.32 Å². The molecule has 0 aromatic heterocycles. The van der Waals surface area contributed by atoms with Crippen LogP contribution in [0.15, 0.2) is 42.5 Å². The SMILES string of the molecule is Cc1ccccc1C(C)NCC(O)c1ccc(F)cc1F. The first-order chi connectivity index (χ1) is 9.99. The van der Waals surface area contributed by atoms with Gasteiger partial charge in [-0.3, -0.25) is 0 Å². The number of aryl methyl sites for hydroxylation is 1. The van der Waals surface area contributed by atoms with Crippen LogP contribution in [0.2, 0.25) is 0 Å². The number of hydrogen-bond acceptors (Lipinski definition) is 2. The summed E-state index contributed by atoms with van der Waals surface area (Å²) in [6.45, 7) is 4.19. The van der Waals surface area contributed by atoms with Gasteiger partial charge in [0.2, 0.25) is 0 Å². The highest BCUT2D eigenvalue weighted by molar-refractivity contribution is 5.28. The summed E-state index contributed by atoms with van der Waals surface area (Å²) >= 11 is 0. The minimum absolute atomic E-state index is 0.0318. The first kappa shape index (κ1) is 15.6. The first-order valence-corrected chi connectivity index (χ1v) is 6.91. The van der Waals surface area contributed by atoms with E-state index in [1.807, 2.05) is 38.1 Å². The van der Waals surface area contributed by atoms with Crippen molar-refractivity contribution < 1.29 is 13.9 Å². The van der Waals surface area contributed by atoms with Gasteiger partial charge in [-0.05, 0) is 31.0 Å². The van der Waals surface area contributed by atoms with Gasteiger partial charge in [-0.15, -0.1) is 0 Å². The average molecular weight is 291 g/mol. The molecule has 0 radical (unpaired) electrons. The maximum atomic E-state index is 13.6. The molecule has 2 nitrogen and oxygen atoms in total. The van der Waals surface area contributed by atoms with E-state index in [1.165, 1.54) is 6.07 Å². The van der Waals surface area contributed by atoms with E-state index in [-0.39, 0.29) is 18.2 Å². The third-order valence-electron chi connectivity index (χ3n) is 3.59. The van der Waals surface area contributed by atoms with Crippen molar-refractivity contribution in [2.24, 2.45) is 0 Å². The van der Waals surface area contributed by atoms with Crippen molar-refractivity contribution in [1.82, 2.24) is 5.32 Å². The lowest BCUT2D eigenvalue weighted by molar-refractivity contribution is 0.166. The van der Waals surface area contributed by atoms with Crippen LogP contribution in [0, 0.1) is 18.6 Å². The largest absolute Gasteiger partial charge is 0.387 e. The maximum absolute atomic E-state index is 13.6. The Balaban J connectivity index is 2.01. The standard InChI is InChI=1S/C17H19F2NO/c1-11-5-3-4-6-14(11)12(2)20-10-17(21)15-8-7-13(18)9-16(15)19/h3-9,12,17,20-21H,10H2,1-2H3. The Labute approximate surface area is 123 Å². The number of rotatable bonds is 5. The second-order valence-corrected chi connectivity index (χ2v) is 5.17. The van der Waals surface area contributed by atoms with Crippen LogP contribution in [0.1, 0.15) is 35.8 Å². The van der Waals surface area contributed by atoms with E-state index in [0.29, 0.717) is 0 Å². The van der Waals surface area contributed by atoms with Crippen LogP contribution in [0.3, 0.4) is 0 Å². The number of aliphatic hydroxyl groups is 1. The maximum Gasteiger partial charge on any atom is 0.131 e. The Morgan fingerprint density at radius 2 is 1.81 bits per heavy atom. The molecule has 2 aromatic carbocycles. The molecule has 0 heterocycles. The van der Waals surface area contributed by atoms with Crippen molar-refractivity contribution in [2.75, 3.05) is 6.54 Å². The van der Waals surface area contributed by atoms with E-state index < -0.39 is 17.7 Å². The lowest BCUT2D eigenvalue weighted by Crippen LogP contribution is -2.25. The molecule has 112 valence electrons. The molecule has 0 bridgehead atoms. The lowest BCUT2D eigenvalue weighted by atomic mass is 10.0. The number of hydrogen-bond donors (Lipinski definition) is 2. The molecule has 21 heavy (non-hydrogen) atoms. The molecule has 2 rings (SSSR count). The normalized spacial score (nSPS) is 14.0. The Hall–Kier alpha value is -1.78. The molecule has 0 amide bonds. The van der Waals surface area contributed by atoms with Gasteiger partial charge in [-0.1, -0.05) is 30.3 Å². The Bertz CT molecular complexity index is 615. The molecule has 0 fully saturated rings. The monoisotopic (exact) mass is 291 g/mol. The third-order valence-corrected chi connectivity index (χ3v) is 3.59. The molecule has 0 aliphatic rings. The molecule has 0 saturated carbocycles. The fourth-order valence-electron chi connectivity index (χ4n) is 2.35. The van der Waals surface area contributed by atoms with Crippen molar-refractivity contribution in [3.05, 3.63) is 70.8 Å². The van der Waals surface area contributed by atoms with Gasteiger partial charge in [0.25, 0.3) is 0 Å². The van der Waals surface area contributed by atoms with Crippen molar-refractivity contribution in [2.45, 2.75) is 26.0 Å². The van der Waals surface area contributed by atoms with Gasteiger partial charge in [-0.25, -0.2) is 8.78 Å². The molecule has 2 N–H and O–H groups in total. The Kier molecular flexibility index (Phi) is 5.04. The quantitative estimate of drug-likeness (QED) is 0.881. The highest BCUT2D eigenvalue weighted by Gasteiger charge is 2.15. The number of halogens is 2. The average Bonchev–Trinajstić information content (AvgIpc) is 2.45. The van der Waals surface area contributed by atoms with E-state index in [4.69, 9.17) is 0 Å². The van der Waals surface area contributed by atoms with Gasteiger partial charge in [-0.2, -0.15) is 0 Å². The third kappa shape index (κ3) is 3.86. The van der Waals surface area contributed by atoms with Crippen molar-refractivity contribution >= 4 is 0 Å². The summed E-state index contributed by atoms with van der Waals surface area (Å²) in [5.41, 5.74) is 2.38. The molecule has 4 heteroatoms. The van der Waals surface area contributed by atoms with Gasteiger partial charge in [0, 0.05) is 24.2 Å². The number of benzene rings is 2. The molecule has 0 saturated heterocycles. The molecular weight excluding hydrogens is 272 g/mol. The molecule has 0 aliphatic heterocycles. The summed E-state index contributed by atoms with van der Waals surface area (Å²) in [5, 5.41) is 13.2. The zero-order valence-corrected chi connectivity index (χ0v) is 12.1. The fourth-order valence-corrected chi connectivity index (χ4v) is 2.35. The number of aliphatic hydroxyl groups excluding tert-OH is 1. The van der Waals surface area contributed by atoms with Crippen LogP contribution < -0.4 is 5.32 Å². The first-order valence-electron chi connectivity index (χ1n) is 6.91. The predicted molar refractivity (Wildman–Crippen MR) is 78.9 cm³/mol. The van der Waals surface area contributed by atoms with E-state index in [0.717, 1.165) is 23.3 Å². The fraction of sp³-hybridized carbons (Fsp3) is 0.294. The van der Waals surface area contributed by atoms with E-state index in [1.54, 1.807) is 0 Å². The summed E-state index contributed by atoms with van der Waals surface area (Å²) in [6.07, 6.45) is -1.02. The Morgan fingerprint density at radius 3 is 2.48 bits per heavy atom. The van der Waals surface area contributed by atoms with Crippen LogP contribution in [0.25, 0.3) is 0 Å². The summed E-state index contributed by atoms with van der Waals surface area (Å²) in [7, 11) is 0. The minimum atomic E-state index is -1.02. The molecule has 0 spiro atoms. The zero-order valence-electron chi connectivity index (χ0n) is 12.1. The molecule has 2 aromatic rings. The van der Waals surface area contributed by atoms with Gasteiger partial charge in [0.05, 0.1) is 6.10 Å². The molecular formula is C17H19F2NO. The topological polar surface area (TPSA) is 32.3 Å². The highest BCUT2D eigenvalue weighted by atomic mass is 19.1. The smallest absolute Gasteiger partial charge is 0.131 e. The second-order valence-electron chi connectivity index (χ2n) is 5.17. The van der Waals surface area contributed by atoms with Gasteiger partial charge >= 0.3 is 0 Å². The highest BCUT2D eigenvalue weighted by Crippen LogP contribution is 2.20. The summed E-state index contributed by atoms with van der Waals surface area (Å²) in [6, 6.07) is 11.2. The van der Waals surface area contributed by atoms with Crippen molar-refractivity contribution in [3.8, 4) is 0 Å². The summed E-state index contributed by atoms with van der Waals surface area (Å²) in [4.78, 5) is 0. The molecule has 2 atom stereocenters. The van der Waals surface area contributed by atoms with Gasteiger partial charge < -0.3 is 10.4 Å². The predicted octanol–water partition coefficient (Wildman–Crippen LogP) is 3.66. The lowest BCUT2D eigenvalue weighted by Gasteiger charge is -2.19. The van der Waals surface area contributed by atoms with Crippen LogP contribution >= 0.6 is 0 Å². The van der Waals surface area contributed by atoms with Crippen molar-refractivity contribution in [1.29, 1.82) is 0 Å². The van der Waals surface area contributed by atoms with Gasteiger partial charge in [0.1, 0.15) is 11.6 Å². The zero-order chi connectivity index (χ0) is 15.4. The molecule has 2 unspecified atom stereocenters. The number of nitrogens with one attached hydrogen (secondary N) is 1. The van der Waals surface area contributed by atoms with Crippen molar-refractivity contribution in [3.63, 3.8) is 0 Å². The van der Waals surface area contributed by atoms with E-state index >= 15 is 0 Å². The van der Waals surface area contributed by atoms with Crippen LogP contribution in [0.4, 0.5) is 8.78 Å². The molecule has 0 aliphatic carbocycles. The Morgan fingerprint density at radius 1 is 1.10 bits per heavy atom. The van der Waals surface area contributed by atoms with Crippen LogP contribution in [-0.4, -0.2) is 11.7 Å². The van der Waals surface area contributed by atoms with E-state index in [9.17, 15) is 13.9 Å². The second kappa shape index (κ2) is 6.78. The minimum Gasteiger partial charge on any atom is -0.387 e.